The molecule has 166 valence electrons. The predicted molar refractivity (Wildman–Crippen MR) is 131 cm³/mol. The number of thiol groups is 1. The van der Waals surface area contributed by atoms with E-state index in [9.17, 15) is 9.59 Å². The molecular formula is C22H19Cl2N3O4S. The van der Waals surface area contributed by atoms with E-state index in [0.717, 1.165) is 4.31 Å². The Hall–Kier alpha value is -3.07. The van der Waals surface area contributed by atoms with Gasteiger partial charge in [-0.3, -0.25) is 4.79 Å². The molecule has 0 heterocycles. The van der Waals surface area contributed by atoms with E-state index < -0.39 is 6.03 Å². The number of nitrogens with zero attached hydrogens (tertiary/aromatic N) is 1. The van der Waals surface area contributed by atoms with Crippen molar-refractivity contribution in [1.29, 1.82) is 0 Å². The fourth-order valence-corrected chi connectivity index (χ4v) is 3.58. The molecule has 0 aliphatic carbocycles. The summed E-state index contributed by atoms with van der Waals surface area (Å²) >= 11 is 16.4. The van der Waals surface area contributed by atoms with Crippen molar-refractivity contribution in [3.8, 4) is 11.5 Å². The van der Waals surface area contributed by atoms with Crippen molar-refractivity contribution >= 4 is 65.0 Å². The third-order valence-electron chi connectivity index (χ3n) is 4.37. The Labute approximate surface area is 200 Å². The molecule has 3 aromatic carbocycles. The SMILES string of the molecule is COc1ccc(C(=O)Nc2ccc(N(S)C(=O)Nc3cc(Cl)c(OC)c(Cl)c3)cc2)cc1. The van der Waals surface area contributed by atoms with Gasteiger partial charge in [0.05, 0.1) is 30.0 Å². The first-order chi connectivity index (χ1) is 15.3. The second-order valence-corrected chi connectivity index (χ2v) is 7.66. The van der Waals surface area contributed by atoms with Crippen LogP contribution in [0.5, 0.6) is 11.5 Å². The van der Waals surface area contributed by atoms with Gasteiger partial charge in [-0.2, -0.15) is 0 Å². The number of hydrogen-bond acceptors (Lipinski definition) is 5. The highest BCUT2D eigenvalue weighted by Crippen LogP contribution is 2.36. The summed E-state index contributed by atoms with van der Waals surface area (Å²) in [5.74, 6) is 0.715. The number of ether oxygens (including phenoxy) is 2. The third kappa shape index (κ3) is 5.59. The average molecular weight is 492 g/mol. The summed E-state index contributed by atoms with van der Waals surface area (Å²) < 4.78 is 11.3. The van der Waals surface area contributed by atoms with Gasteiger partial charge in [-0.15, -0.1) is 0 Å². The maximum atomic E-state index is 12.5. The van der Waals surface area contributed by atoms with Crippen molar-refractivity contribution < 1.29 is 19.1 Å². The number of rotatable bonds is 6. The number of urea groups is 1. The maximum absolute atomic E-state index is 12.5. The lowest BCUT2D eigenvalue weighted by atomic mass is 10.2. The van der Waals surface area contributed by atoms with Crippen molar-refractivity contribution in [3.63, 3.8) is 0 Å². The molecule has 7 nitrogen and oxygen atoms in total. The molecule has 3 amide bonds. The summed E-state index contributed by atoms with van der Waals surface area (Å²) in [5, 5.41) is 5.97. The molecule has 0 saturated carbocycles. The lowest BCUT2D eigenvalue weighted by molar-refractivity contribution is 0.102. The molecular weight excluding hydrogens is 473 g/mol. The highest BCUT2D eigenvalue weighted by Gasteiger charge is 2.15. The van der Waals surface area contributed by atoms with Gasteiger partial charge < -0.3 is 20.1 Å². The van der Waals surface area contributed by atoms with Crippen LogP contribution in [-0.4, -0.2) is 26.2 Å². The monoisotopic (exact) mass is 491 g/mol. The molecule has 10 heteroatoms. The van der Waals surface area contributed by atoms with Gasteiger partial charge in [0.25, 0.3) is 5.91 Å². The number of hydrogen-bond donors (Lipinski definition) is 3. The van der Waals surface area contributed by atoms with Gasteiger partial charge in [0.15, 0.2) is 5.75 Å². The molecule has 0 fully saturated rings. The van der Waals surface area contributed by atoms with E-state index in [1.54, 1.807) is 55.6 Å². The van der Waals surface area contributed by atoms with E-state index in [-0.39, 0.29) is 16.0 Å². The number of amides is 3. The molecule has 0 atom stereocenters. The zero-order valence-electron chi connectivity index (χ0n) is 17.1. The van der Waals surface area contributed by atoms with E-state index in [1.807, 2.05) is 0 Å². The summed E-state index contributed by atoms with van der Waals surface area (Å²) in [5.41, 5.74) is 1.92. The first-order valence-electron chi connectivity index (χ1n) is 9.21. The van der Waals surface area contributed by atoms with Crippen LogP contribution in [0.4, 0.5) is 21.9 Å². The van der Waals surface area contributed by atoms with Gasteiger partial charge >= 0.3 is 6.03 Å². The topological polar surface area (TPSA) is 79.9 Å². The number of methoxy groups -OCH3 is 2. The lowest BCUT2D eigenvalue weighted by Gasteiger charge is -2.18. The quantitative estimate of drug-likeness (QED) is 0.361. The number of halogens is 2. The maximum Gasteiger partial charge on any atom is 0.336 e. The van der Waals surface area contributed by atoms with Crippen molar-refractivity contribution in [3.05, 3.63) is 76.3 Å². The van der Waals surface area contributed by atoms with E-state index >= 15 is 0 Å². The van der Waals surface area contributed by atoms with Gasteiger partial charge in [-0.05, 0) is 60.7 Å². The molecule has 0 aromatic heterocycles. The Morgan fingerprint density at radius 2 is 1.44 bits per heavy atom. The van der Waals surface area contributed by atoms with Crippen LogP contribution < -0.4 is 24.4 Å². The number of benzene rings is 3. The van der Waals surface area contributed by atoms with Crippen LogP contribution in [0.15, 0.2) is 60.7 Å². The minimum Gasteiger partial charge on any atom is -0.497 e. The zero-order chi connectivity index (χ0) is 23.3. The van der Waals surface area contributed by atoms with Crippen molar-refractivity contribution in [1.82, 2.24) is 0 Å². The van der Waals surface area contributed by atoms with E-state index in [2.05, 4.69) is 23.4 Å². The second kappa shape index (κ2) is 10.5. The van der Waals surface area contributed by atoms with E-state index in [0.29, 0.717) is 34.1 Å². The third-order valence-corrected chi connectivity index (χ3v) is 5.34. The number of carbonyl (C=O) groups is 2. The summed E-state index contributed by atoms with van der Waals surface area (Å²) in [7, 11) is 3.01. The van der Waals surface area contributed by atoms with Crippen LogP contribution in [-0.2, 0) is 0 Å². The molecule has 0 unspecified atom stereocenters. The Bertz CT molecular complexity index is 1100. The van der Waals surface area contributed by atoms with Crippen molar-refractivity contribution in [2.24, 2.45) is 0 Å². The minimum absolute atomic E-state index is 0.262. The molecule has 32 heavy (non-hydrogen) atoms. The Kier molecular flexibility index (Phi) is 7.74. The highest BCUT2D eigenvalue weighted by molar-refractivity contribution is 7.82. The first kappa shape index (κ1) is 23.6. The Morgan fingerprint density at radius 1 is 0.844 bits per heavy atom. The highest BCUT2D eigenvalue weighted by atomic mass is 35.5. The molecule has 2 N–H and O–H groups in total. The summed E-state index contributed by atoms with van der Waals surface area (Å²) in [6.45, 7) is 0. The van der Waals surface area contributed by atoms with Crippen LogP contribution in [0, 0.1) is 0 Å². The van der Waals surface area contributed by atoms with Gasteiger partial charge in [0, 0.05) is 16.9 Å². The van der Waals surface area contributed by atoms with Gasteiger partial charge in [0.1, 0.15) is 5.75 Å². The molecule has 0 aliphatic rings. The van der Waals surface area contributed by atoms with E-state index in [1.165, 1.54) is 19.2 Å². The van der Waals surface area contributed by atoms with Crippen molar-refractivity contribution in [2.75, 3.05) is 29.2 Å². The molecule has 3 aromatic rings. The van der Waals surface area contributed by atoms with Crippen LogP contribution in [0.3, 0.4) is 0 Å². The number of nitrogens with one attached hydrogen (secondary N) is 2. The Balaban J connectivity index is 1.64. The van der Waals surface area contributed by atoms with Crippen LogP contribution in [0.25, 0.3) is 0 Å². The average Bonchev–Trinajstić information content (AvgIpc) is 2.79. The van der Waals surface area contributed by atoms with Gasteiger partial charge in [-0.25, -0.2) is 9.10 Å². The largest absolute Gasteiger partial charge is 0.497 e. The van der Waals surface area contributed by atoms with Crippen LogP contribution in [0.1, 0.15) is 10.4 Å². The van der Waals surface area contributed by atoms with Crippen molar-refractivity contribution in [2.45, 2.75) is 0 Å². The van der Waals surface area contributed by atoms with E-state index in [4.69, 9.17) is 32.7 Å². The zero-order valence-corrected chi connectivity index (χ0v) is 19.5. The lowest BCUT2D eigenvalue weighted by Crippen LogP contribution is -2.26. The van der Waals surface area contributed by atoms with Crippen LogP contribution in [0.2, 0.25) is 10.0 Å². The predicted octanol–water partition coefficient (Wildman–Crippen LogP) is 6.15. The molecule has 0 bridgehead atoms. The summed E-state index contributed by atoms with van der Waals surface area (Å²) in [6, 6.07) is 15.9. The second-order valence-electron chi connectivity index (χ2n) is 6.44. The van der Waals surface area contributed by atoms with Gasteiger partial charge in [0.2, 0.25) is 0 Å². The van der Waals surface area contributed by atoms with Crippen LogP contribution >= 0.6 is 36.0 Å². The normalized spacial score (nSPS) is 10.3. The molecule has 0 radical (unpaired) electrons. The Morgan fingerprint density at radius 3 is 1.97 bits per heavy atom. The molecule has 0 saturated heterocycles. The fraction of sp³-hybridized carbons (Fsp3) is 0.0909. The number of carbonyl (C=O) groups excluding carboxylic acids is 2. The first-order valence-corrected chi connectivity index (χ1v) is 10.4. The minimum atomic E-state index is -0.527. The smallest absolute Gasteiger partial charge is 0.336 e. The summed E-state index contributed by atoms with van der Waals surface area (Å²) in [4.78, 5) is 24.9. The molecule has 0 aliphatic heterocycles. The fourth-order valence-electron chi connectivity index (χ4n) is 2.75. The standard InChI is InChI=1S/C22H19Cl2N3O4S/c1-30-17-9-3-13(4-10-17)21(28)25-14-5-7-16(8-6-14)27(32)22(29)26-15-11-18(23)20(31-2)19(24)12-15/h3-12,32H,1-2H3,(H,25,28)(H,26,29). The van der Waals surface area contributed by atoms with Gasteiger partial charge in [-0.1, -0.05) is 36.0 Å². The number of anilines is 3. The summed E-state index contributed by atoms with van der Waals surface area (Å²) in [6.07, 6.45) is 0. The molecule has 0 spiro atoms. The molecule has 3 rings (SSSR count).